The van der Waals surface area contributed by atoms with Crippen molar-refractivity contribution in [2.45, 2.75) is 25.9 Å². The van der Waals surface area contributed by atoms with Crippen LogP contribution in [0, 0.1) is 0 Å². The first-order valence-electron chi connectivity index (χ1n) is 7.48. The van der Waals surface area contributed by atoms with Gasteiger partial charge in [0.15, 0.2) is 0 Å². The highest BCUT2D eigenvalue weighted by atomic mass is 16.5. The predicted molar refractivity (Wildman–Crippen MR) is 80.8 cm³/mol. The van der Waals surface area contributed by atoms with E-state index in [0.717, 1.165) is 38.5 Å². The van der Waals surface area contributed by atoms with Crippen molar-refractivity contribution in [3.63, 3.8) is 0 Å². The zero-order chi connectivity index (χ0) is 14.7. The van der Waals surface area contributed by atoms with Crippen LogP contribution in [0.15, 0.2) is 30.6 Å². The summed E-state index contributed by atoms with van der Waals surface area (Å²) in [7, 11) is 1.99. The van der Waals surface area contributed by atoms with E-state index in [2.05, 4.69) is 27.2 Å². The molecule has 3 heterocycles. The fraction of sp³-hybridized carbons (Fsp3) is 0.500. The number of fused-ring (bicyclic) bond motifs is 1. The number of nitrogens with zero attached hydrogens (tertiary/aromatic N) is 4. The third kappa shape index (κ3) is 3.31. The highest BCUT2D eigenvalue weighted by Crippen LogP contribution is 2.28. The normalized spacial score (nSPS) is 18.7. The van der Waals surface area contributed by atoms with Crippen LogP contribution in [0.1, 0.15) is 29.8 Å². The topological polar surface area (TPSA) is 43.2 Å². The fourth-order valence-electron chi connectivity index (χ4n) is 2.96. The van der Waals surface area contributed by atoms with Gasteiger partial charge in [-0.15, -0.1) is 0 Å². The van der Waals surface area contributed by atoms with Crippen LogP contribution >= 0.6 is 0 Å². The average molecular weight is 286 g/mol. The number of ether oxygens (including phenoxy) is 1. The van der Waals surface area contributed by atoms with Gasteiger partial charge in [0.25, 0.3) is 0 Å². The highest BCUT2D eigenvalue weighted by molar-refractivity contribution is 5.24. The van der Waals surface area contributed by atoms with Crippen molar-refractivity contribution >= 4 is 0 Å². The molecule has 0 N–H and O–H groups in total. The molecule has 0 saturated heterocycles. The van der Waals surface area contributed by atoms with E-state index < -0.39 is 0 Å². The van der Waals surface area contributed by atoms with E-state index in [1.165, 1.54) is 11.3 Å². The molecule has 112 valence electrons. The second-order valence-corrected chi connectivity index (χ2v) is 5.56. The molecule has 5 heteroatoms. The molecule has 21 heavy (non-hydrogen) atoms. The zero-order valence-electron chi connectivity index (χ0n) is 12.7. The van der Waals surface area contributed by atoms with Crippen LogP contribution in [0.5, 0.6) is 0 Å². The van der Waals surface area contributed by atoms with E-state index in [1.807, 2.05) is 37.0 Å². The van der Waals surface area contributed by atoms with Gasteiger partial charge in [-0.25, -0.2) is 0 Å². The van der Waals surface area contributed by atoms with Gasteiger partial charge in [-0.1, -0.05) is 6.07 Å². The Kier molecular flexibility index (Phi) is 4.31. The molecule has 0 bridgehead atoms. The lowest BCUT2D eigenvalue weighted by Crippen LogP contribution is -2.35. The largest absolute Gasteiger partial charge is 0.381 e. The summed E-state index contributed by atoms with van der Waals surface area (Å²) in [4.78, 5) is 6.85. The summed E-state index contributed by atoms with van der Waals surface area (Å²) in [5, 5.41) is 4.62. The molecule has 0 fully saturated rings. The number of hydrogen-bond donors (Lipinski definition) is 0. The van der Waals surface area contributed by atoms with Crippen molar-refractivity contribution in [2.75, 3.05) is 19.8 Å². The molecule has 5 nitrogen and oxygen atoms in total. The lowest BCUT2D eigenvalue weighted by Gasteiger charge is -2.31. The zero-order valence-corrected chi connectivity index (χ0v) is 12.7. The Morgan fingerprint density at radius 2 is 2.29 bits per heavy atom. The number of pyridine rings is 1. The van der Waals surface area contributed by atoms with Crippen LogP contribution in [0.3, 0.4) is 0 Å². The molecule has 0 unspecified atom stereocenters. The summed E-state index contributed by atoms with van der Waals surface area (Å²) < 4.78 is 7.56. The van der Waals surface area contributed by atoms with Crippen LogP contribution in [-0.4, -0.2) is 39.4 Å². The summed E-state index contributed by atoms with van der Waals surface area (Å²) in [6, 6.07) is 6.08. The van der Waals surface area contributed by atoms with Gasteiger partial charge in [-0.3, -0.25) is 14.6 Å². The van der Waals surface area contributed by atoms with Crippen LogP contribution in [-0.2, 0) is 24.9 Å². The van der Waals surface area contributed by atoms with E-state index in [-0.39, 0.29) is 0 Å². The second-order valence-electron chi connectivity index (χ2n) is 5.56. The van der Waals surface area contributed by atoms with Gasteiger partial charge >= 0.3 is 0 Å². The maximum absolute atomic E-state index is 5.65. The average Bonchev–Trinajstić information content (AvgIpc) is 2.86. The number of hydrogen-bond acceptors (Lipinski definition) is 4. The van der Waals surface area contributed by atoms with Gasteiger partial charge in [0.1, 0.15) is 0 Å². The van der Waals surface area contributed by atoms with E-state index in [9.17, 15) is 0 Å². The second kappa shape index (κ2) is 6.37. The standard InChI is InChI=1S/C16H22N4O/c1-3-21-12-14-10-20(11-15-6-4-5-7-17-15)9-13-8-19(2)18-16(13)14/h4-8,14H,3,9-12H2,1-2H3/t14-/m0/s1. The van der Waals surface area contributed by atoms with E-state index in [0.29, 0.717) is 5.92 Å². The summed E-state index contributed by atoms with van der Waals surface area (Å²) in [5.74, 6) is 0.346. The summed E-state index contributed by atoms with van der Waals surface area (Å²) in [6.07, 6.45) is 3.98. The monoisotopic (exact) mass is 286 g/mol. The third-order valence-electron chi connectivity index (χ3n) is 3.83. The summed E-state index contributed by atoms with van der Waals surface area (Å²) in [6.45, 7) is 6.30. The molecule has 0 amide bonds. The van der Waals surface area contributed by atoms with Gasteiger partial charge < -0.3 is 4.74 Å². The molecule has 3 rings (SSSR count). The van der Waals surface area contributed by atoms with E-state index in [4.69, 9.17) is 4.74 Å². The Morgan fingerprint density at radius 3 is 3.05 bits per heavy atom. The number of rotatable bonds is 5. The Bertz CT molecular complexity index is 581. The van der Waals surface area contributed by atoms with Crippen LogP contribution in [0.4, 0.5) is 0 Å². The van der Waals surface area contributed by atoms with Crippen molar-refractivity contribution in [3.8, 4) is 0 Å². The maximum Gasteiger partial charge on any atom is 0.0736 e. The van der Waals surface area contributed by atoms with Crippen molar-refractivity contribution in [1.29, 1.82) is 0 Å². The lowest BCUT2D eigenvalue weighted by atomic mass is 9.97. The quantitative estimate of drug-likeness (QED) is 0.842. The molecule has 0 spiro atoms. The number of aryl methyl sites for hydroxylation is 1. The van der Waals surface area contributed by atoms with Gasteiger partial charge in [-0.2, -0.15) is 5.10 Å². The number of aromatic nitrogens is 3. The molecule has 0 radical (unpaired) electrons. The Balaban J connectivity index is 1.76. The van der Waals surface area contributed by atoms with Crippen molar-refractivity contribution in [3.05, 3.63) is 47.5 Å². The van der Waals surface area contributed by atoms with Crippen LogP contribution in [0.25, 0.3) is 0 Å². The minimum absolute atomic E-state index is 0.346. The molecular weight excluding hydrogens is 264 g/mol. The molecule has 0 aromatic carbocycles. The van der Waals surface area contributed by atoms with Gasteiger partial charge in [0.2, 0.25) is 0 Å². The fourth-order valence-corrected chi connectivity index (χ4v) is 2.96. The smallest absolute Gasteiger partial charge is 0.0736 e. The van der Waals surface area contributed by atoms with Crippen molar-refractivity contribution in [2.24, 2.45) is 7.05 Å². The minimum Gasteiger partial charge on any atom is -0.381 e. The van der Waals surface area contributed by atoms with Crippen LogP contribution in [0.2, 0.25) is 0 Å². The van der Waals surface area contributed by atoms with Gasteiger partial charge in [0.05, 0.1) is 18.0 Å². The molecule has 2 aromatic rings. The molecular formula is C16H22N4O. The molecule has 0 aliphatic carbocycles. The molecule has 0 saturated carbocycles. The predicted octanol–water partition coefficient (Wildman–Crippen LogP) is 1.95. The van der Waals surface area contributed by atoms with E-state index in [1.54, 1.807) is 0 Å². The first-order chi connectivity index (χ1) is 10.3. The van der Waals surface area contributed by atoms with Crippen molar-refractivity contribution in [1.82, 2.24) is 19.7 Å². The van der Waals surface area contributed by atoms with Gasteiger partial charge in [-0.05, 0) is 19.1 Å². The summed E-state index contributed by atoms with van der Waals surface area (Å²) >= 11 is 0. The Hall–Kier alpha value is -1.72. The molecule has 2 aromatic heterocycles. The SMILES string of the molecule is CCOC[C@@H]1CN(Cc2ccccn2)Cc2cn(C)nc21. The molecule has 1 aliphatic heterocycles. The Morgan fingerprint density at radius 1 is 1.38 bits per heavy atom. The minimum atomic E-state index is 0.346. The first-order valence-corrected chi connectivity index (χ1v) is 7.48. The van der Waals surface area contributed by atoms with E-state index >= 15 is 0 Å². The Labute approximate surface area is 125 Å². The highest BCUT2D eigenvalue weighted by Gasteiger charge is 2.28. The maximum atomic E-state index is 5.65. The first kappa shape index (κ1) is 14.2. The third-order valence-corrected chi connectivity index (χ3v) is 3.83. The lowest BCUT2D eigenvalue weighted by molar-refractivity contribution is 0.103. The van der Waals surface area contributed by atoms with Crippen molar-refractivity contribution < 1.29 is 4.74 Å². The molecule has 1 aliphatic rings. The van der Waals surface area contributed by atoms with Gasteiger partial charge in [0, 0.05) is 57.2 Å². The molecule has 1 atom stereocenters. The summed E-state index contributed by atoms with van der Waals surface area (Å²) in [5.41, 5.74) is 3.62. The van der Waals surface area contributed by atoms with Crippen LogP contribution < -0.4 is 0 Å².